The molecule has 1 aliphatic rings. The van der Waals surface area contributed by atoms with E-state index in [1.165, 1.54) is 17.3 Å². The second-order valence-corrected chi connectivity index (χ2v) is 6.95. The summed E-state index contributed by atoms with van der Waals surface area (Å²) in [6.07, 6.45) is 3.31. The van der Waals surface area contributed by atoms with Crippen LogP contribution in [0.25, 0.3) is 0 Å². The number of unbranched alkanes of at least 4 members (excludes halogenated alkanes) is 1. The summed E-state index contributed by atoms with van der Waals surface area (Å²) in [5, 5.41) is 2.46. The van der Waals surface area contributed by atoms with Crippen molar-refractivity contribution in [3.63, 3.8) is 0 Å². The van der Waals surface area contributed by atoms with Gasteiger partial charge in [0.2, 0.25) is 17.7 Å². The lowest BCUT2D eigenvalue weighted by Gasteiger charge is -2.27. The smallest absolute Gasteiger partial charge is 0.244 e. The fourth-order valence-corrected chi connectivity index (χ4v) is 3.15. The summed E-state index contributed by atoms with van der Waals surface area (Å²) in [5.74, 6) is -0.710. The van der Waals surface area contributed by atoms with Crippen molar-refractivity contribution in [2.75, 3.05) is 17.6 Å². The van der Waals surface area contributed by atoms with Gasteiger partial charge in [-0.15, -0.1) is 11.8 Å². The van der Waals surface area contributed by atoms with E-state index in [1.54, 1.807) is 6.92 Å². The molecular formula is C17H22N2O3S. The molecular weight excluding hydrogens is 312 g/mol. The molecule has 0 radical (unpaired) electrons. The molecule has 0 aromatic heterocycles. The molecule has 6 heteroatoms. The Kier molecular flexibility index (Phi) is 6.21. The normalized spacial score (nSPS) is 18.2. The zero-order valence-electron chi connectivity index (χ0n) is 13.5. The van der Waals surface area contributed by atoms with Gasteiger partial charge < -0.3 is 5.32 Å². The van der Waals surface area contributed by atoms with Crippen LogP contribution in [0.2, 0.25) is 0 Å². The van der Waals surface area contributed by atoms with Crippen LogP contribution in [0.5, 0.6) is 0 Å². The first-order valence-corrected chi connectivity index (χ1v) is 8.90. The van der Waals surface area contributed by atoms with Gasteiger partial charge in [-0.3, -0.25) is 19.3 Å². The van der Waals surface area contributed by atoms with Gasteiger partial charge in [0, 0.05) is 5.69 Å². The van der Waals surface area contributed by atoms with Gasteiger partial charge in [0.25, 0.3) is 0 Å². The summed E-state index contributed by atoms with van der Waals surface area (Å²) >= 11 is 1.30. The molecule has 1 fully saturated rings. The highest BCUT2D eigenvalue weighted by Crippen LogP contribution is 2.20. The number of amides is 3. The largest absolute Gasteiger partial charge is 0.325 e. The first kappa shape index (κ1) is 17.5. The van der Waals surface area contributed by atoms with Crippen molar-refractivity contribution < 1.29 is 14.4 Å². The standard InChI is InChI=1S/C17H22N2O3S/c1-3-4-5-13-6-8-14(9-7-13)18-15(20)10-19-16(21)11-23-12(2)17(19)22/h6-9,12H,3-5,10-11H2,1-2H3,(H,18,20). The fourth-order valence-electron chi connectivity index (χ4n) is 2.33. The Morgan fingerprint density at radius 1 is 1.30 bits per heavy atom. The van der Waals surface area contributed by atoms with Crippen molar-refractivity contribution >= 4 is 35.2 Å². The number of benzene rings is 1. The van der Waals surface area contributed by atoms with Crippen LogP contribution in [0, 0.1) is 0 Å². The van der Waals surface area contributed by atoms with Gasteiger partial charge in [0.15, 0.2) is 0 Å². The highest BCUT2D eigenvalue weighted by Gasteiger charge is 2.33. The third-order valence-corrected chi connectivity index (χ3v) is 4.85. The molecule has 124 valence electrons. The monoisotopic (exact) mass is 334 g/mol. The van der Waals surface area contributed by atoms with Crippen molar-refractivity contribution in [1.82, 2.24) is 4.90 Å². The number of nitrogens with zero attached hydrogens (tertiary/aromatic N) is 1. The molecule has 0 spiro atoms. The first-order valence-electron chi connectivity index (χ1n) is 7.86. The maximum atomic E-state index is 12.1. The van der Waals surface area contributed by atoms with E-state index in [9.17, 15) is 14.4 Å². The van der Waals surface area contributed by atoms with Crippen molar-refractivity contribution in [3.8, 4) is 0 Å². The molecule has 1 aromatic carbocycles. The summed E-state index contributed by atoms with van der Waals surface area (Å²) in [5.41, 5.74) is 1.91. The SMILES string of the molecule is CCCCc1ccc(NC(=O)CN2C(=O)CSC(C)C2=O)cc1. The van der Waals surface area contributed by atoms with E-state index < -0.39 is 0 Å². The molecule has 23 heavy (non-hydrogen) atoms. The molecule has 0 saturated carbocycles. The summed E-state index contributed by atoms with van der Waals surface area (Å²) in [6, 6.07) is 7.67. The second-order valence-electron chi connectivity index (χ2n) is 5.62. The van der Waals surface area contributed by atoms with E-state index in [4.69, 9.17) is 0 Å². The number of aryl methyl sites for hydroxylation is 1. The third-order valence-electron chi connectivity index (χ3n) is 3.73. The summed E-state index contributed by atoms with van der Waals surface area (Å²) in [6.45, 7) is 3.68. The molecule has 0 bridgehead atoms. The number of nitrogens with one attached hydrogen (secondary N) is 1. The van der Waals surface area contributed by atoms with Gasteiger partial charge >= 0.3 is 0 Å². The van der Waals surface area contributed by atoms with Crippen LogP contribution in [-0.2, 0) is 20.8 Å². The quantitative estimate of drug-likeness (QED) is 0.812. The maximum absolute atomic E-state index is 12.1. The number of hydrogen-bond acceptors (Lipinski definition) is 4. The maximum Gasteiger partial charge on any atom is 0.244 e. The number of rotatable bonds is 6. The number of imide groups is 1. The third kappa shape index (κ3) is 4.82. The van der Waals surface area contributed by atoms with Crippen LogP contribution in [0.4, 0.5) is 5.69 Å². The molecule has 0 aliphatic carbocycles. The van der Waals surface area contributed by atoms with E-state index >= 15 is 0 Å². The number of carbonyl (C=O) groups is 3. The molecule has 1 heterocycles. The topological polar surface area (TPSA) is 66.5 Å². The minimum atomic E-state index is -0.355. The lowest BCUT2D eigenvalue weighted by molar-refractivity contribution is -0.145. The molecule has 1 saturated heterocycles. The van der Waals surface area contributed by atoms with E-state index in [1.807, 2.05) is 24.3 Å². The van der Waals surface area contributed by atoms with E-state index in [-0.39, 0.29) is 35.3 Å². The van der Waals surface area contributed by atoms with Gasteiger partial charge in [-0.2, -0.15) is 0 Å². The average Bonchev–Trinajstić information content (AvgIpc) is 2.54. The Morgan fingerprint density at radius 3 is 2.65 bits per heavy atom. The zero-order valence-corrected chi connectivity index (χ0v) is 14.3. The molecule has 1 unspecified atom stereocenters. The lowest BCUT2D eigenvalue weighted by atomic mass is 10.1. The number of anilines is 1. The Hall–Kier alpha value is -1.82. The van der Waals surface area contributed by atoms with Crippen molar-refractivity contribution in [2.24, 2.45) is 0 Å². The van der Waals surface area contributed by atoms with Gasteiger partial charge in [-0.1, -0.05) is 25.5 Å². The molecule has 1 atom stereocenters. The van der Waals surface area contributed by atoms with E-state index in [2.05, 4.69) is 12.2 Å². The number of hydrogen-bond donors (Lipinski definition) is 1. The Balaban J connectivity index is 1.91. The van der Waals surface area contributed by atoms with Crippen LogP contribution >= 0.6 is 11.8 Å². The molecule has 1 aromatic rings. The van der Waals surface area contributed by atoms with Gasteiger partial charge in [-0.05, 0) is 37.5 Å². The van der Waals surface area contributed by atoms with Gasteiger partial charge in [-0.25, -0.2) is 0 Å². The number of carbonyl (C=O) groups excluding carboxylic acids is 3. The lowest BCUT2D eigenvalue weighted by Crippen LogP contribution is -2.49. The Bertz CT molecular complexity index is 586. The van der Waals surface area contributed by atoms with Gasteiger partial charge in [0.05, 0.1) is 11.0 Å². The highest BCUT2D eigenvalue weighted by molar-refractivity contribution is 8.01. The van der Waals surface area contributed by atoms with Crippen LogP contribution in [0.3, 0.4) is 0 Å². The average molecular weight is 334 g/mol. The van der Waals surface area contributed by atoms with Crippen LogP contribution in [-0.4, -0.2) is 40.2 Å². The summed E-state index contributed by atoms with van der Waals surface area (Å²) in [7, 11) is 0. The van der Waals surface area contributed by atoms with Crippen LogP contribution in [0.15, 0.2) is 24.3 Å². The van der Waals surface area contributed by atoms with Crippen LogP contribution < -0.4 is 5.32 Å². The van der Waals surface area contributed by atoms with Crippen molar-refractivity contribution in [2.45, 2.75) is 38.4 Å². The molecule has 2 rings (SSSR count). The van der Waals surface area contributed by atoms with Crippen molar-refractivity contribution in [1.29, 1.82) is 0 Å². The molecule has 1 aliphatic heterocycles. The predicted octanol–water partition coefficient (Wildman–Crippen LogP) is 2.46. The minimum Gasteiger partial charge on any atom is -0.325 e. The fraction of sp³-hybridized carbons (Fsp3) is 0.471. The van der Waals surface area contributed by atoms with E-state index in [0.717, 1.165) is 24.2 Å². The highest BCUT2D eigenvalue weighted by atomic mass is 32.2. The Labute approximate surface area is 140 Å². The first-order chi connectivity index (χ1) is 11.0. The molecule has 5 nitrogen and oxygen atoms in total. The molecule has 1 N–H and O–H groups in total. The van der Waals surface area contributed by atoms with Gasteiger partial charge in [0.1, 0.15) is 6.54 Å². The van der Waals surface area contributed by atoms with Crippen LogP contribution in [0.1, 0.15) is 32.3 Å². The number of thioether (sulfide) groups is 1. The predicted molar refractivity (Wildman–Crippen MR) is 92.3 cm³/mol. The zero-order chi connectivity index (χ0) is 16.8. The summed E-state index contributed by atoms with van der Waals surface area (Å²) < 4.78 is 0. The van der Waals surface area contributed by atoms with E-state index in [0.29, 0.717) is 5.69 Å². The summed E-state index contributed by atoms with van der Waals surface area (Å²) in [4.78, 5) is 36.9. The molecule has 3 amide bonds. The second kappa shape index (κ2) is 8.15. The minimum absolute atomic E-state index is 0.222. The Morgan fingerprint density at radius 2 is 2.00 bits per heavy atom. The van der Waals surface area contributed by atoms with Crippen molar-refractivity contribution in [3.05, 3.63) is 29.8 Å².